The van der Waals surface area contributed by atoms with Crippen LogP contribution in [0.4, 0.5) is 5.00 Å². The Hall–Kier alpha value is -1.33. The zero-order valence-electron chi connectivity index (χ0n) is 12.3. The fraction of sp³-hybridized carbons (Fsp3) is 0.353. The molecule has 2 N–H and O–H groups in total. The van der Waals surface area contributed by atoms with Gasteiger partial charge in [0.05, 0.1) is 5.56 Å². The minimum atomic E-state index is -0.157. The first-order valence-corrected chi connectivity index (χ1v) is 9.20. The van der Waals surface area contributed by atoms with Gasteiger partial charge in [0.15, 0.2) is 0 Å². The van der Waals surface area contributed by atoms with E-state index in [1.165, 1.54) is 16.9 Å². The number of carbonyl (C=O) groups is 1. The van der Waals surface area contributed by atoms with Gasteiger partial charge in [0.2, 0.25) is 0 Å². The molecule has 22 heavy (non-hydrogen) atoms. The molecule has 0 unspecified atom stereocenters. The minimum Gasteiger partial charge on any atom is -0.353 e. The van der Waals surface area contributed by atoms with Gasteiger partial charge in [0.25, 0.3) is 5.91 Å². The Bertz CT molecular complexity index is 755. The second-order valence-corrected chi connectivity index (χ2v) is 8.18. The van der Waals surface area contributed by atoms with Crippen LogP contribution in [0.1, 0.15) is 45.9 Å². The first-order valence-electron chi connectivity index (χ1n) is 7.59. The highest BCUT2D eigenvalue weighted by atomic mass is 79.9. The SMILES string of the molecule is C[C@@H]1CCc2c(sc3c2C(=O)N[C@@H](c2cccc(Br)c2)N3)C1. The van der Waals surface area contributed by atoms with Crippen molar-refractivity contribution in [2.45, 2.75) is 32.4 Å². The third kappa shape index (κ3) is 2.36. The highest BCUT2D eigenvalue weighted by Crippen LogP contribution is 2.42. The molecule has 0 saturated heterocycles. The third-order valence-electron chi connectivity index (χ3n) is 4.47. The van der Waals surface area contributed by atoms with Crippen molar-refractivity contribution in [3.05, 3.63) is 50.3 Å². The van der Waals surface area contributed by atoms with Crippen molar-refractivity contribution in [3.63, 3.8) is 0 Å². The van der Waals surface area contributed by atoms with Gasteiger partial charge in [-0.3, -0.25) is 4.79 Å². The molecule has 2 atom stereocenters. The van der Waals surface area contributed by atoms with Crippen molar-refractivity contribution in [3.8, 4) is 0 Å². The molecular weight excluding hydrogens is 360 g/mol. The minimum absolute atomic E-state index is 0.0609. The van der Waals surface area contributed by atoms with Crippen molar-refractivity contribution < 1.29 is 4.79 Å². The van der Waals surface area contributed by atoms with E-state index < -0.39 is 0 Å². The number of anilines is 1. The molecule has 3 nitrogen and oxygen atoms in total. The molecule has 114 valence electrons. The Morgan fingerprint density at radius 1 is 1.32 bits per heavy atom. The Kier molecular flexibility index (Phi) is 3.50. The third-order valence-corrected chi connectivity index (χ3v) is 6.15. The fourth-order valence-corrected chi connectivity index (χ4v) is 5.17. The van der Waals surface area contributed by atoms with Gasteiger partial charge in [0, 0.05) is 9.35 Å². The summed E-state index contributed by atoms with van der Waals surface area (Å²) in [6.07, 6.45) is 3.15. The van der Waals surface area contributed by atoms with Crippen LogP contribution in [0.2, 0.25) is 0 Å². The number of amides is 1. The summed E-state index contributed by atoms with van der Waals surface area (Å²) >= 11 is 5.25. The van der Waals surface area contributed by atoms with Crippen molar-refractivity contribution in [1.82, 2.24) is 5.32 Å². The van der Waals surface area contributed by atoms with Gasteiger partial charge >= 0.3 is 0 Å². The standard InChI is InChI=1S/C17H17BrN2OS/c1-9-5-6-12-13(7-9)22-17-14(12)16(21)19-15(20-17)10-3-2-4-11(18)8-10/h2-4,8-9,15,20H,5-7H2,1H3,(H,19,21)/t9-,15-/m1/s1. The van der Waals surface area contributed by atoms with Crippen LogP contribution in [0.15, 0.2) is 28.7 Å². The van der Waals surface area contributed by atoms with Gasteiger partial charge in [-0.05, 0) is 48.4 Å². The number of rotatable bonds is 1. The topological polar surface area (TPSA) is 41.1 Å². The van der Waals surface area contributed by atoms with E-state index in [9.17, 15) is 4.79 Å². The monoisotopic (exact) mass is 376 g/mol. The quantitative estimate of drug-likeness (QED) is 0.769. The molecule has 1 aliphatic carbocycles. The molecule has 0 radical (unpaired) electrons. The molecule has 0 saturated carbocycles. The number of benzene rings is 1. The number of nitrogens with one attached hydrogen (secondary N) is 2. The van der Waals surface area contributed by atoms with E-state index in [2.05, 4.69) is 33.5 Å². The molecule has 2 aliphatic rings. The van der Waals surface area contributed by atoms with Crippen LogP contribution in [0.5, 0.6) is 0 Å². The van der Waals surface area contributed by atoms with Crippen LogP contribution in [0, 0.1) is 5.92 Å². The maximum atomic E-state index is 12.6. The highest BCUT2D eigenvalue weighted by Gasteiger charge is 2.32. The van der Waals surface area contributed by atoms with E-state index in [0.29, 0.717) is 0 Å². The number of halogens is 1. The van der Waals surface area contributed by atoms with E-state index in [-0.39, 0.29) is 12.1 Å². The largest absolute Gasteiger partial charge is 0.353 e. The summed E-state index contributed by atoms with van der Waals surface area (Å²) in [6, 6.07) is 8.05. The Balaban J connectivity index is 1.71. The van der Waals surface area contributed by atoms with Crippen LogP contribution < -0.4 is 10.6 Å². The van der Waals surface area contributed by atoms with Gasteiger partial charge in [-0.2, -0.15) is 0 Å². The van der Waals surface area contributed by atoms with Crippen molar-refractivity contribution >= 4 is 38.2 Å². The Morgan fingerprint density at radius 3 is 3.00 bits per heavy atom. The van der Waals surface area contributed by atoms with Crippen LogP contribution >= 0.6 is 27.3 Å². The summed E-state index contributed by atoms with van der Waals surface area (Å²) in [5.74, 6) is 0.780. The van der Waals surface area contributed by atoms with Crippen LogP contribution in [0.3, 0.4) is 0 Å². The number of hydrogen-bond donors (Lipinski definition) is 2. The van der Waals surface area contributed by atoms with E-state index in [1.54, 1.807) is 11.3 Å². The van der Waals surface area contributed by atoms with E-state index in [1.807, 2.05) is 24.3 Å². The number of hydrogen-bond acceptors (Lipinski definition) is 3. The highest BCUT2D eigenvalue weighted by molar-refractivity contribution is 9.10. The second kappa shape index (κ2) is 5.39. The molecular formula is C17H17BrN2OS. The summed E-state index contributed by atoms with van der Waals surface area (Å²) in [4.78, 5) is 14.0. The molecule has 5 heteroatoms. The van der Waals surface area contributed by atoms with Crippen molar-refractivity contribution in [2.24, 2.45) is 5.92 Å². The Labute approximate surface area is 142 Å². The maximum Gasteiger partial charge on any atom is 0.256 e. The molecule has 1 aromatic heterocycles. The average molecular weight is 377 g/mol. The number of thiophene rings is 1. The summed E-state index contributed by atoms with van der Waals surface area (Å²) in [5.41, 5.74) is 3.22. The number of fused-ring (bicyclic) bond motifs is 3. The van der Waals surface area contributed by atoms with E-state index >= 15 is 0 Å². The molecule has 0 bridgehead atoms. The van der Waals surface area contributed by atoms with Gasteiger partial charge < -0.3 is 10.6 Å². The van der Waals surface area contributed by atoms with E-state index in [4.69, 9.17) is 0 Å². The summed E-state index contributed by atoms with van der Waals surface area (Å²) in [5, 5.41) is 7.64. The molecule has 1 aliphatic heterocycles. The van der Waals surface area contributed by atoms with Gasteiger partial charge in [-0.15, -0.1) is 11.3 Å². The molecule has 2 aromatic rings. The smallest absolute Gasteiger partial charge is 0.256 e. The molecule has 0 fully saturated rings. The van der Waals surface area contributed by atoms with Crippen LogP contribution in [-0.2, 0) is 12.8 Å². The van der Waals surface area contributed by atoms with Crippen LogP contribution in [-0.4, -0.2) is 5.91 Å². The lowest BCUT2D eigenvalue weighted by Crippen LogP contribution is -2.38. The summed E-state index contributed by atoms with van der Waals surface area (Å²) < 4.78 is 1.02. The van der Waals surface area contributed by atoms with E-state index in [0.717, 1.165) is 39.4 Å². The zero-order valence-corrected chi connectivity index (χ0v) is 14.7. The van der Waals surface area contributed by atoms with Gasteiger partial charge in [0.1, 0.15) is 11.2 Å². The number of carbonyl (C=O) groups excluding carboxylic acids is 1. The first kappa shape index (κ1) is 14.3. The summed E-state index contributed by atoms with van der Waals surface area (Å²) in [7, 11) is 0. The average Bonchev–Trinajstić information content (AvgIpc) is 2.84. The lowest BCUT2D eigenvalue weighted by molar-refractivity contribution is 0.0935. The molecule has 0 spiro atoms. The van der Waals surface area contributed by atoms with Crippen molar-refractivity contribution in [2.75, 3.05) is 5.32 Å². The molecule has 1 amide bonds. The predicted octanol–water partition coefficient (Wildman–Crippen LogP) is 4.49. The van der Waals surface area contributed by atoms with Gasteiger partial charge in [-0.1, -0.05) is 35.0 Å². The molecule has 4 rings (SSSR count). The fourth-order valence-electron chi connectivity index (χ4n) is 3.32. The lowest BCUT2D eigenvalue weighted by Gasteiger charge is -2.27. The normalized spacial score (nSPS) is 23.3. The first-order chi connectivity index (χ1) is 10.6. The molecule has 2 heterocycles. The van der Waals surface area contributed by atoms with Gasteiger partial charge in [-0.25, -0.2) is 0 Å². The zero-order chi connectivity index (χ0) is 15.3. The second-order valence-electron chi connectivity index (χ2n) is 6.16. The lowest BCUT2D eigenvalue weighted by atomic mass is 9.88. The van der Waals surface area contributed by atoms with Crippen LogP contribution in [0.25, 0.3) is 0 Å². The predicted molar refractivity (Wildman–Crippen MR) is 93.5 cm³/mol. The summed E-state index contributed by atoms with van der Waals surface area (Å²) in [6.45, 7) is 2.29. The Morgan fingerprint density at radius 2 is 2.18 bits per heavy atom. The van der Waals surface area contributed by atoms with Crippen molar-refractivity contribution in [1.29, 1.82) is 0 Å². The maximum absolute atomic E-state index is 12.6. The molecule has 1 aromatic carbocycles.